The highest BCUT2D eigenvalue weighted by Gasteiger charge is 2.29. The van der Waals surface area contributed by atoms with Crippen LogP contribution in [0.1, 0.15) is 56.0 Å². The first-order valence-corrected chi connectivity index (χ1v) is 8.37. The van der Waals surface area contributed by atoms with Gasteiger partial charge < -0.3 is 14.6 Å². The van der Waals surface area contributed by atoms with Gasteiger partial charge in [-0.2, -0.15) is 0 Å². The van der Waals surface area contributed by atoms with Crippen LogP contribution in [0.2, 0.25) is 0 Å². The minimum absolute atomic E-state index is 0.300. The molecule has 0 fully saturated rings. The lowest BCUT2D eigenvalue weighted by Crippen LogP contribution is -2.16. The lowest BCUT2D eigenvalue weighted by atomic mass is 10.1. The molecule has 3 rings (SSSR count). The average Bonchev–Trinajstić information content (AvgIpc) is 3.20. The van der Waals surface area contributed by atoms with Crippen LogP contribution in [0.25, 0.3) is 0 Å². The number of fused-ring (bicyclic) bond motifs is 1. The number of hydrogen-bond donors (Lipinski definition) is 1. The Hall–Kier alpha value is -2.15. The molecule has 0 saturated heterocycles. The number of hydrogen-bond acceptors (Lipinski definition) is 6. The van der Waals surface area contributed by atoms with Crippen molar-refractivity contribution >= 4 is 28.2 Å². The van der Waals surface area contributed by atoms with E-state index in [4.69, 9.17) is 9.26 Å². The van der Waals surface area contributed by atoms with Crippen LogP contribution in [0, 0.1) is 6.92 Å². The molecule has 6 nitrogen and oxygen atoms in total. The summed E-state index contributed by atoms with van der Waals surface area (Å²) in [7, 11) is 1.35. The molecule has 122 valence electrons. The van der Waals surface area contributed by atoms with Crippen molar-refractivity contribution in [2.45, 2.75) is 39.5 Å². The van der Waals surface area contributed by atoms with Gasteiger partial charge in [-0.15, -0.1) is 11.3 Å². The number of carbonyl (C=O) groups excluding carboxylic acids is 2. The average molecular weight is 334 g/mol. The zero-order valence-corrected chi connectivity index (χ0v) is 14.1. The molecular weight excluding hydrogens is 316 g/mol. The Morgan fingerprint density at radius 3 is 2.83 bits per heavy atom. The molecule has 1 amide bonds. The molecule has 1 N–H and O–H groups in total. The molecule has 0 unspecified atom stereocenters. The summed E-state index contributed by atoms with van der Waals surface area (Å²) in [5, 5.41) is 7.30. The minimum atomic E-state index is -0.405. The Bertz CT molecular complexity index is 775. The summed E-state index contributed by atoms with van der Waals surface area (Å²) in [6, 6.07) is 0. The van der Waals surface area contributed by atoms with Crippen LogP contribution in [-0.2, 0) is 24.0 Å². The number of nitrogens with zero attached hydrogens (tertiary/aromatic N) is 1. The van der Waals surface area contributed by atoms with Gasteiger partial charge >= 0.3 is 5.97 Å². The van der Waals surface area contributed by atoms with Crippen LogP contribution in [0.4, 0.5) is 5.00 Å². The van der Waals surface area contributed by atoms with Gasteiger partial charge in [0.15, 0.2) is 0 Å². The number of rotatable bonds is 4. The maximum Gasteiger partial charge on any atom is 0.341 e. The first-order valence-electron chi connectivity index (χ1n) is 7.56. The number of nitrogens with one attached hydrogen (secondary N) is 1. The van der Waals surface area contributed by atoms with E-state index in [-0.39, 0.29) is 5.91 Å². The molecule has 2 aromatic heterocycles. The number of methoxy groups -OCH3 is 1. The molecule has 1 aliphatic rings. The van der Waals surface area contributed by atoms with Crippen molar-refractivity contribution in [3.05, 3.63) is 33.0 Å². The fraction of sp³-hybridized carbons (Fsp3) is 0.438. The van der Waals surface area contributed by atoms with E-state index in [2.05, 4.69) is 10.5 Å². The third-order valence-electron chi connectivity index (χ3n) is 4.03. The van der Waals surface area contributed by atoms with E-state index >= 15 is 0 Å². The molecule has 0 atom stereocenters. The van der Waals surface area contributed by atoms with Crippen LogP contribution in [0.3, 0.4) is 0 Å². The van der Waals surface area contributed by atoms with Gasteiger partial charge in [-0.25, -0.2) is 4.79 Å². The highest BCUT2D eigenvalue weighted by molar-refractivity contribution is 7.17. The minimum Gasteiger partial charge on any atom is -0.465 e. The molecule has 0 saturated carbocycles. The summed E-state index contributed by atoms with van der Waals surface area (Å²) in [6.07, 6.45) is 3.42. The van der Waals surface area contributed by atoms with Gasteiger partial charge in [0.2, 0.25) is 0 Å². The van der Waals surface area contributed by atoms with Crippen molar-refractivity contribution in [3.63, 3.8) is 0 Å². The summed E-state index contributed by atoms with van der Waals surface area (Å²) < 4.78 is 9.99. The molecule has 0 radical (unpaired) electrons. The summed E-state index contributed by atoms with van der Waals surface area (Å²) in [4.78, 5) is 25.9. The third kappa shape index (κ3) is 2.65. The number of amides is 1. The number of ether oxygens (including phenoxy) is 1. The van der Waals surface area contributed by atoms with E-state index in [1.165, 1.54) is 18.4 Å². The van der Waals surface area contributed by atoms with Crippen LogP contribution >= 0.6 is 11.3 Å². The van der Waals surface area contributed by atoms with Crippen molar-refractivity contribution < 1.29 is 18.8 Å². The topological polar surface area (TPSA) is 81.4 Å². The number of aryl methyl sites for hydroxylation is 3. The maximum absolute atomic E-state index is 12.6. The Balaban J connectivity index is 1.96. The highest BCUT2D eigenvalue weighted by Crippen LogP contribution is 2.39. The molecule has 1 aliphatic carbocycles. The predicted octanol–water partition coefficient (Wildman–Crippen LogP) is 3.13. The number of esters is 1. The number of thiophene rings is 1. The van der Waals surface area contributed by atoms with Gasteiger partial charge in [-0.1, -0.05) is 12.1 Å². The van der Waals surface area contributed by atoms with Gasteiger partial charge in [0.05, 0.1) is 18.4 Å². The summed E-state index contributed by atoms with van der Waals surface area (Å²) in [6.45, 7) is 3.62. The molecule has 0 spiro atoms. The molecule has 0 bridgehead atoms. The summed E-state index contributed by atoms with van der Waals surface area (Å²) >= 11 is 1.45. The highest BCUT2D eigenvalue weighted by atomic mass is 32.1. The van der Waals surface area contributed by atoms with Crippen molar-refractivity contribution in [3.8, 4) is 0 Å². The maximum atomic E-state index is 12.6. The number of carbonyl (C=O) groups is 2. The molecular formula is C16H18N2O4S. The smallest absolute Gasteiger partial charge is 0.341 e. The molecule has 0 aliphatic heterocycles. The Morgan fingerprint density at radius 1 is 1.35 bits per heavy atom. The molecule has 23 heavy (non-hydrogen) atoms. The van der Waals surface area contributed by atoms with E-state index < -0.39 is 5.97 Å². The zero-order valence-electron chi connectivity index (χ0n) is 13.3. The third-order valence-corrected chi connectivity index (χ3v) is 5.24. The van der Waals surface area contributed by atoms with E-state index in [0.717, 1.165) is 29.7 Å². The van der Waals surface area contributed by atoms with Crippen LogP contribution in [0.15, 0.2) is 4.52 Å². The van der Waals surface area contributed by atoms with Gasteiger partial charge in [0.25, 0.3) is 5.91 Å². The largest absolute Gasteiger partial charge is 0.465 e. The lowest BCUT2D eigenvalue weighted by Gasteiger charge is -2.07. The van der Waals surface area contributed by atoms with Crippen molar-refractivity contribution in [1.29, 1.82) is 0 Å². The summed E-state index contributed by atoms with van der Waals surface area (Å²) in [5.74, 6) is -0.230. The summed E-state index contributed by atoms with van der Waals surface area (Å²) in [5.41, 5.74) is 2.56. The zero-order chi connectivity index (χ0) is 16.6. The molecule has 2 heterocycles. The van der Waals surface area contributed by atoms with Crippen molar-refractivity contribution in [2.24, 2.45) is 0 Å². The number of aromatic nitrogens is 1. The van der Waals surface area contributed by atoms with Crippen LogP contribution < -0.4 is 5.32 Å². The van der Waals surface area contributed by atoms with E-state index in [0.29, 0.717) is 34.0 Å². The molecule has 7 heteroatoms. The Morgan fingerprint density at radius 2 is 2.13 bits per heavy atom. The van der Waals surface area contributed by atoms with Gasteiger partial charge in [-0.3, -0.25) is 4.79 Å². The standard InChI is InChI=1S/C16H18N2O4S/c1-4-10-12(8(2)22-18-10)14(19)17-15-13(16(20)21-3)9-6-5-7-11(9)23-15/h4-7H2,1-3H3,(H,17,19). The fourth-order valence-electron chi connectivity index (χ4n) is 2.93. The van der Waals surface area contributed by atoms with Crippen molar-refractivity contribution in [1.82, 2.24) is 5.16 Å². The van der Waals surface area contributed by atoms with Crippen LogP contribution in [-0.4, -0.2) is 24.1 Å². The number of anilines is 1. The predicted molar refractivity (Wildman–Crippen MR) is 86.3 cm³/mol. The quantitative estimate of drug-likeness (QED) is 0.869. The normalized spacial score (nSPS) is 13.0. The molecule has 2 aromatic rings. The molecule has 0 aromatic carbocycles. The van der Waals surface area contributed by atoms with Gasteiger partial charge in [0.1, 0.15) is 16.3 Å². The Kier molecular flexibility index (Phi) is 4.21. The van der Waals surface area contributed by atoms with Crippen LogP contribution in [0.5, 0.6) is 0 Å². The van der Waals surface area contributed by atoms with Crippen molar-refractivity contribution in [2.75, 3.05) is 12.4 Å². The first kappa shape index (κ1) is 15.7. The Labute approximate surface area is 137 Å². The van der Waals surface area contributed by atoms with Gasteiger partial charge in [-0.05, 0) is 38.2 Å². The van der Waals surface area contributed by atoms with E-state index in [9.17, 15) is 9.59 Å². The van der Waals surface area contributed by atoms with E-state index in [1.54, 1.807) is 6.92 Å². The fourth-order valence-corrected chi connectivity index (χ4v) is 4.20. The monoisotopic (exact) mass is 334 g/mol. The second-order valence-corrected chi connectivity index (χ2v) is 6.53. The SMILES string of the molecule is CCc1noc(C)c1C(=O)Nc1sc2c(c1C(=O)OC)CCC2. The lowest BCUT2D eigenvalue weighted by molar-refractivity contribution is 0.0601. The first-order chi connectivity index (χ1) is 11.1. The second kappa shape index (κ2) is 6.16. The van der Waals surface area contributed by atoms with E-state index in [1.807, 2.05) is 6.92 Å². The van der Waals surface area contributed by atoms with Gasteiger partial charge in [0, 0.05) is 4.88 Å². The second-order valence-electron chi connectivity index (χ2n) is 5.42.